The molecule has 1 heterocycles. The van der Waals surface area contributed by atoms with Crippen LogP contribution < -0.4 is 5.73 Å². The number of benzene rings is 1. The highest BCUT2D eigenvalue weighted by atomic mass is 35.5. The van der Waals surface area contributed by atoms with Gasteiger partial charge in [0.2, 0.25) is 5.91 Å². The van der Waals surface area contributed by atoms with E-state index in [4.69, 9.17) is 17.3 Å². The Balaban J connectivity index is 1.91. The quantitative estimate of drug-likeness (QED) is 0.828. The molecule has 0 atom stereocenters. The lowest BCUT2D eigenvalue weighted by molar-refractivity contribution is -0.130. The Labute approximate surface area is 112 Å². The number of halogens is 1. The molecule has 0 radical (unpaired) electrons. The molecule has 0 unspecified atom stereocenters. The van der Waals surface area contributed by atoms with Gasteiger partial charge in [-0.25, -0.2) is 0 Å². The number of nitrogens with two attached hydrogens (primary N) is 1. The second-order valence-electron chi connectivity index (χ2n) is 4.64. The van der Waals surface area contributed by atoms with Gasteiger partial charge in [-0.1, -0.05) is 17.7 Å². The third-order valence-corrected chi connectivity index (χ3v) is 3.63. The van der Waals surface area contributed by atoms with E-state index in [1.807, 2.05) is 23.1 Å². The van der Waals surface area contributed by atoms with Crippen molar-refractivity contribution >= 4 is 23.2 Å². The number of carbonyl (C=O) groups is 1. The van der Waals surface area contributed by atoms with E-state index in [9.17, 15) is 4.79 Å². The molecule has 2 N–H and O–H groups in total. The van der Waals surface area contributed by atoms with Gasteiger partial charge >= 0.3 is 0 Å². The van der Waals surface area contributed by atoms with Crippen molar-refractivity contribution in [1.82, 2.24) is 9.80 Å². The maximum Gasteiger partial charge on any atom is 0.219 e. The summed E-state index contributed by atoms with van der Waals surface area (Å²) < 4.78 is 0. The average Bonchev–Trinajstić information content (AvgIpc) is 2.34. The molecule has 1 saturated heterocycles. The van der Waals surface area contributed by atoms with Crippen molar-refractivity contribution < 1.29 is 4.79 Å². The standard InChI is InChI=1S/C13H18ClN3O/c1-10(18)17-6-4-16(5-7-17)9-11-2-3-12(14)13(15)8-11/h2-3,8H,4-7,9,15H2,1H3. The van der Waals surface area contributed by atoms with Gasteiger partial charge in [0.05, 0.1) is 10.7 Å². The van der Waals surface area contributed by atoms with Crippen LogP contribution in [0.5, 0.6) is 0 Å². The maximum absolute atomic E-state index is 11.2. The van der Waals surface area contributed by atoms with Crippen LogP contribution in [0.3, 0.4) is 0 Å². The van der Waals surface area contributed by atoms with E-state index in [0.717, 1.165) is 38.3 Å². The van der Waals surface area contributed by atoms with Crippen LogP contribution in [0.2, 0.25) is 5.02 Å². The van der Waals surface area contributed by atoms with Crippen LogP contribution in [0.15, 0.2) is 18.2 Å². The van der Waals surface area contributed by atoms with Gasteiger partial charge in [0.15, 0.2) is 0 Å². The summed E-state index contributed by atoms with van der Waals surface area (Å²) in [4.78, 5) is 15.4. The minimum atomic E-state index is 0.158. The summed E-state index contributed by atoms with van der Waals surface area (Å²) in [6.07, 6.45) is 0. The minimum Gasteiger partial charge on any atom is -0.398 e. The second kappa shape index (κ2) is 5.59. The second-order valence-corrected chi connectivity index (χ2v) is 5.05. The number of hydrogen-bond acceptors (Lipinski definition) is 3. The smallest absolute Gasteiger partial charge is 0.219 e. The van der Waals surface area contributed by atoms with Crippen LogP contribution in [-0.4, -0.2) is 41.9 Å². The van der Waals surface area contributed by atoms with Crippen molar-refractivity contribution in [2.45, 2.75) is 13.5 Å². The Hall–Kier alpha value is -1.26. The fraction of sp³-hybridized carbons (Fsp3) is 0.462. The Morgan fingerprint density at radius 1 is 1.33 bits per heavy atom. The lowest BCUT2D eigenvalue weighted by atomic mass is 10.1. The Bertz CT molecular complexity index is 442. The van der Waals surface area contributed by atoms with Crippen LogP contribution in [0.1, 0.15) is 12.5 Å². The van der Waals surface area contributed by atoms with Crippen molar-refractivity contribution in [2.24, 2.45) is 0 Å². The number of carbonyl (C=O) groups excluding carboxylic acids is 1. The summed E-state index contributed by atoms with van der Waals surface area (Å²) in [5, 5.41) is 0.597. The molecule has 1 aliphatic rings. The lowest BCUT2D eigenvalue weighted by Crippen LogP contribution is -2.47. The van der Waals surface area contributed by atoms with Gasteiger partial charge in [-0.3, -0.25) is 9.69 Å². The molecule has 98 valence electrons. The van der Waals surface area contributed by atoms with E-state index in [1.165, 1.54) is 0 Å². The summed E-state index contributed by atoms with van der Waals surface area (Å²) >= 11 is 5.89. The molecule has 1 aliphatic heterocycles. The molecule has 4 nitrogen and oxygen atoms in total. The molecular formula is C13H18ClN3O. The van der Waals surface area contributed by atoms with Crippen LogP contribution in [0.4, 0.5) is 5.69 Å². The number of nitrogen functional groups attached to an aromatic ring is 1. The zero-order valence-corrected chi connectivity index (χ0v) is 11.3. The summed E-state index contributed by atoms with van der Waals surface area (Å²) in [5.74, 6) is 0.158. The van der Waals surface area contributed by atoms with Gasteiger partial charge in [-0.2, -0.15) is 0 Å². The van der Waals surface area contributed by atoms with E-state index in [-0.39, 0.29) is 5.91 Å². The maximum atomic E-state index is 11.2. The molecular weight excluding hydrogens is 250 g/mol. The van der Waals surface area contributed by atoms with Crippen molar-refractivity contribution in [3.05, 3.63) is 28.8 Å². The van der Waals surface area contributed by atoms with Gasteiger partial charge in [-0.05, 0) is 17.7 Å². The van der Waals surface area contributed by atoms with Gasteiger partial charge in [0.25, 0.3) is 0 Å². The van der Waals surface area contributed by atoms with E-state index in [2.05, 4.69) is 4.90 Å². The normalized spacial score (nSPS) is 16.9. The molecule has 1 fully saturated rings. The molecule has 2 rings (SSSR count). The molecule has 0 bridgehead atoms. The number of nitrogens with zero attached hydrogens (tertiary/aromatic N) is 2. The highest BCUT2D eigenvalue weighted by Gasteiger charge is 2.18. The first-order valence-electron chi connectivity index (χ1n) is 6.08. The molecule has 18 heavy (non-hydrogen) atoms. The van der Waals surface area contributed by atoms with Gasteiger partial charge in [0, 0.05) is 39.6 Å². The van der Waals surface area contributed by atoms with E-state index in [1.54, 1.807) is 6.92 Å². The van der Waals surface area contributed by atoms with Crippen molar-refractivity contribution in [3.8, 4) is 0 Å². The Kier molecular flexibility index (Phi) is 4.09. The van der Waals surface area contributed by atoms with E-state index in [0.29, 0.717) is 10.7 Å². The first kappa shape index (κ1) is 13.2. The number of hydrogen-bond donors (Lipinski definition) is 1. The SMILES string of the molecule is CC(=O)N1CCN(Cc2ccc(Cl)c(N)c2)CC1. The van der Waals surface area contributed by atoms with E-state index < -0.39 is 0 Å². The fourth-order valence-corrected chi connectivity index (χ4v) is 2.29. The van der Waals surface area contributed by atoms with Gasteiger partial charge < -0.3 is 10.6 Å². The summed E-state index contributed by atoms with van der Waals surface area (Å²) in [7, 11) is 0. The van der Waals surface area contributed by atoms with Crippen LogP contribution in [-0.2, 0) is 11.3 Å². The third-order valence-electron chi connectivity index (χ3n) is 3.28. The molecule has 0 aliphatic carbocycles. The number of rotatable bonds is 2. The first-order valence-corrected chi connectivity index (χ1v) is 6.46. The van der Waals surface area contributed by atoms with Crippen molar-refractivity contribution in [1.29, 1.82) is 0 Å². The highest BCUT2D eigenvalue weighted by Crippen LogP contribution is 2.20. The largest absolute Gasteiger partial charge is 0.398 e. The minimum absolute atomic E-state index is 0.158. The molecule has 5 heteroatoms. The fourth-order valence-electron chi connectivity index (χ4n) is 2.17. The molecule has 1 amide bonds. The van der Waals surface area contributed by atoms with E-state index >= 15 is 0 Å². The van der Waals surface area contributed by atoms with Crippen molar-refractivity contribution in [3.63, 3.8) is 0 Å². The summed E-state index contributed by atoms with van der Waals surface area (Å²) in [6.45, 7) is 5.89. The van der Waals surface area contributed by atoms with Crippen LogP contribution in [0.25, 0.3) is 0 Å². The van der Waals surface area contributed by atoms with Crippen LogP contribution in [0, 0.1) is 0 Å². The van der Waals surface area contributed by atoms with Crippen LogP contribution >= 0.6 is 11.6 Å². The van der Waals surface area contributed by atoms with Crippen molar-refractivity contribution in [2.75, 3.05) is 31.9 Å². The monoisotopic (exact) mass is 267 g/mol. The zero-order chi connectivity index (χ0) is 13.1. The Morgan fingerprint density at radius 3 is 2.56 bits per heavy atom. The molecule has 0 spiro atoms. The highest BCUT2D eigenvalue weighted by molar-refractivity contribution is 6.33. The number of anilines is 1. The average molecular weight is 268 g/mol. The molecule has 0 saturated carbocycles. The molecule has 0 aromatic heterocycles. The summed E-state index contributed by atoms with van der Waals surface area (Å²) in [5.41, 5.74) is 7.57. The lowest BCUT2D eigenvalue weighted by Gasteiger charge is -2.34. The van der Waals surface area contributed by atoms with Gasteiger partial charge in [-0.15, -0.1) is 0 Å². The third kappa shape index (κ3) is 3.15. The predicted molar refractivity (Wildman–Crippen MR) is 73.4 cm³/mol. The predicted octanol–water partition coefficient (Wildman–Crippen LogP) is 1.59. The zero-order valence-electron chi connectivity index (χ0n) is 10.5. The Morgan fingerprint density at radius 2 is 2.00 bits per heavy atom. The topological polar surface area (TPSA) is 49.6 Å². The molecule has 1 aromatic rings. The number of amides is 1. The first-order chi connectivity index (χ1) is 8.56. The summed E-state index contributed by atoms with van der Waals surface area (Å²) in [6, 6.07) is 5.74. The molecule has 1 aromatic carbocycles. The van der Waals surface area contributed by atoms with Gasteiger partial charge in [0.1, 0.15) is 0 Å². The number of piperazine rings is 1.